The summed E-state index contributed by atoms with van der Waals surface area (Å²) < 4.78 is 30.0. The molecule has 0 radical (unpaired) electrons. The van der Waals surface area contributed by atoms with Gasteiger partial charge in [-0.05, 0) is 0 Å². The van der Waals surface area contributed by atoms with Gasteiger partial charge in [0.1, 0.15) is 0 Å². The summed E-state index contributed by atoms with van der Waals surface area (Å²) in [7, 11) is 0. The van der Waals surface area contributed by atoms with Gasteiger partial charge in [-0.1, -0.05) is 0 Å². The molecular weight excluding hydrogens is 296 g/mol. The van der Waals surface area contributed by atoms with E-state index in [2.05, 4.69) is 26.6 Å². The van der Waals surface area contributed by atoms with Crippen LogP contribution in [0.2, 0.25) is 0 Å². The van der Waals surface area contributed by atoms with Crippen LogP contribution in [0, 0.1) is 26.6 Å². The smallest absolute Gasteiger partial charge is 0 e. The summed E-state index contributed by atoms with van der Waals surface area (Å²) in [4.78, 5) is 0. The molecule has 0 heterocycles. The Labute approximate surface area is 66.8 Å². The molecule has 0 atom stereocenters. The summed E-state index contributed by atoms with van der Waals surface area (Å²) in [5.41, 5.74) is 0. The molecule has 46 valence electrons. The van der Waals surface area contributed by atoms with Gasteiger partial charge in [-0.15, -0.1) is 0 Å². The molecule has 0 N–H and O–H groups in total. The predicted molar refractivity (Wildman–Crippen MR) is 15.7 cm³/mol. The third-order valence-corrected chi connectivity index (χ3v) is 0. The molecule has 0 aliphatic heterocycles. The predicted octanol–water partition coefficient (Wildman–Crippen LogP) is -0.153. The van der Waals surface area contributed by atoms with Gasteiger partial charge in [-0.3, -0.25) is 0 Å². The van der Waals surface area contributed by atoms with Crippen LogP contribution in [0.1, 0.15) is 0 Å². The van der Waals surface area contributed by atoms with Gasteiger partial charge in [0, 0.05) is 21.1 Å². The second kappa shape index (κ2) is 2730. The van der Waals surface area contributed by atoms with E-state index in [4.69, 9.17) is 18.6 Å². The zero-order valence-electron chi connectivity index (χ0n) is 4.04. The van der Waals surface area contributed by atoms with Gasteiger partial charge in [0.05, 0.1) is 0 Å². The monoisotopic (exact) mass is 296 g/mol. The van der Waals surface area contributed by atoms with Crippen LogP contribution >= 0.6 is 0 Å². The summed E-state index contributed by atoms with van der Waals surface area (Å²) in [6, 6.07) is 0. The quantitative estimate of drug-likeness (QED) is 0.440. The van der Waals surface area contributed by atoms with Gasteiger partial charge in [0.15, 0.2) is 0 Å². The van der Waals surface area contributed by atoms with E-state index in [1.807, 2.05) is 0 Å². The standard InChI is InChI=1S/4CO.W/c4*1-2;. The molecule has 0 rings (SSSR count). The first-order valence-electron chi connectivity index (χ1n) is 0.816. The molecule has 0 saturated carbocycles. The average Bonchev–Trinajstić information content (AvgIpc) is 2.03. The molecule has 0 fully saturated rings. The maximum atomic E-state index is 7.50. The Morgan fingerprint density at radius 2 is 0.444 bits per heavy atom. The van der Waals surface area contributed by atoms with Gasteiger partial charge in [-0.2, -0.15) is 0 Å². The van der Waals surface area contributed by atoms with Crippen molar-refractivity contribution in [2.75, 3.05) is 0 Å². The molecule has 0 aromatic carbocycles. The normalized spacial score (nSPS) is 0.889. The maximum Gasteiger partial charge on any atom is 0 e. The van der Waals surface area contributed by atoms with E-state index in [0.29, 0.717) is 0 Å². The topological polar surface area (TPSA) is 79.6 Å². The summed E-state index contributed by atoms with van der Waals surface area (Å²) >= 11 is 0. The fourth-order valence-corrected chi connectivity index (χ4v) is 0. The first kappa shape index (κ1) is 38.0. The van der Waals surface area contributed by atoms with E-state index in [1.165, 1.54) is 0 Å². The van der Waals surface area contributed by atoms with Gasteiger partial charge in [0.25, 0.3) is 0 Å². The van der Waals surface area contributed by atoms with Crippen molar-refractivity contribution >= 4 is 0 Å². The Morgan fingerprint density at radius 1 is 0.444 bits per heavy atom. The first-order valence-corrected chi connectivity index (χ1v) is 0.816. The van der Waals surface area contributed by atoms with Crippen LogP contribution in [0.25, 0.3) is 0 Å². The molecule has 0 aromatic rings. The molecule has 0 aromatic heterocycles. The van der Waals surface area contributed by atoms with Crippen LogP contribution in [-0.4, -0.2) is 0 Å². The Morgan fingerprint density at radius 3 is 0.444 bits per heavy atom. The third kappa shape index (κ3) is 1970. The molecule has 5 heteroatoms. The molecule has 0 amide bonds. The summed E-state index contributed by atoms with van der Waals surface area (Å²) in [6.07, 6.45) is 0. The second-order valence-corrected chi connectivity index (χ2v) is 0. The van der Waals surface area contributed by atoms with Gasteiger partial charge < -0.3 is 0 Å². The summed E-state index contributed by atoms with van der Waals surface area (Å²) in [5.74, 6) is 0. The van der Waals surface area contributed by atoms with Crippen LogP contribution in [0.3, 0.4) is 0 Å². The number of hydrogen-bond donors (Lipinski definition) is 0. The minimum absolute atomic E-state index is 0. The maximum absolute atomic E-state index is 7.50. The SMILES string of the molecule is [C-]#[O+].[C-]#[O+].[C-]#[O+].[C-]#[O+].[W]. The summed E-state index contributed by atoms with van der Waals surface area (Å²) in [5, 5.41) is 0. The first-order chi connectivity index (χ1) is 4.00. The molecule has 0 aliphatic rings. The summed E-state index contributed by atoms with van der Waals surface area (Å²) in [6.45, 7) is 18.0. The van der Waals surface area contributed by atoms with Crippen LogP contribution < -0.4 is 0 Å². The van der Waals surface area contributed by atoms with Crippen molar-refractivity contribution in [2.45, 2.75) is 0 Å². The van der Waals surface area contributed by atoms with Gasteiger partial charge in [0.2, 0.25) is 0 Å². The Bertz CT molecular complexity index is 55.5. The molecule has 9 heavy (non-hydrogen) atoms. The third-order valence-electron chi connectivity index (χ3n) is 0. The van der Waals surface area contributed by atoms with Crippen molar-refractivity contribution in [3.8, 4) is 0 Å². The Balaban J connectivity index is -0.00000000762. The average molecular weight is 296 g/mol. The molecule has 0 spiro atoms. The van der Waals surface area contributed by atoms with E-state index in [0.717, 1.165) is 0 Å². The number of hydrogen-bond acceptors (Lipinski definition) is 0. The molecule has 0 bridgehead atoms. The van der Waals surface area contributed by atoms with E-state index in [-0.39, 0.29) is 21.1 Å². The van der Waals surface area contributed by atoms with E-state index < -0.39 is 0 Å². The Kier molecular flexibility index (Phi) is 11500. The van der Waals surface area contributed by atoms with E-state index in [1.54, 1.807) is 0 Å². The molecule has 0 unspecified atom stereocenters. The fraction of sp³-hybridized carbons (Fsp3) is 0. The zero-order chi connectivity index (χ0) is 8.00. The minimum atomic E-state index is 0. The van der Waals surface area contributed by atoms with Crippen molar-refractivity contribution < 1.29 is 39.7 Å². The van der Waals surface area contributed by atoms with E-state index in [9.17, 15) is 0 Å². The number of rotatable bonds is 0. The van der Waals surface area contributed by atoms with Crippen LogP contribution in [-0.2, 0) is 39.7 Å². The second-order valence-electron chi connectivity index (χ2n) is 0. The molecule has 0 aliphatic carbocycles. The van der Waals surface area contributed by atoms with Crippen molar-refractivity contribution in [1.29, 1.82) is 0 Å². The van der Waals surface area contributed by atoms with Crippen LogP contribution in [0.15, 0.2) is 0 Å². The van der Waals surface area contributed by atoms with Crippen LogP contribution in [0.4, 0.5) is 0 Å². The molecule has 0 saturated heterocycles. The molecule has 4 nitrogen and oxygen atoms in total. The fourth-order valence-electron chi connectivity index (χ4n) is 0. The van der Waals surface area contributed by atoms with Gasteiger partial charge in [-0.25, -0.2) is 0 Å². The van der Waals surface area contributed by atoms with Crippen molar-refractivity contribution in [3.05, 3.63) is 26.6 Å². The van der Waals surface area contributed by atoms with Crippen LogP contribution in [0.5, 0.6) is 0 Å². The van der Waals surface area contributed by atoms with Crippen molar-refractivity contribution in [2.24, 2.45) is 0 Å². The largest absolute Gasteiger partial charge is 0 e. The van der Waals surface area contributed by atoms with E-state index >= 15 is 0 Å². The van der Waals surface area contributed by atoms with Crippen molar-refractivity contribution in [1.82, 2.24) is 0 Å². The zero-order valence-corrected chi connectivity index (χ0v) is 6.97. The van der Waals surface area contributed by atoms with Gasteiger partial charge >= 0.3 is 45.2 Å². The van der Waals surface area contributed by atoms with Crippen molar-refractivity contribution in [3.63, 3.8) is 0 Å². The Hall–Kier alpha value is -0.352. The minimum Gasteiger partial charge on any atom is 0 e. The molecular formula is C4O4W.